The van der Waals surface area contributed by atoms with Crippen LogP contribution in [0.5, 0.6) is 0 Å². The van der Waals surface area contributed by atoms with Gasteiger partial charge in [-0.1, -0.05) is 11.6 Å². The van der Waals surface area contributed by atoms with E-state index in [9.17, 15) is 14.7 Å². The highest BCUT2D eigenvalue weighted by atomic mass is 35.5. The maximum absolute atomic E-state index is 12.4. The van der Waals surface area contributed by atoms with Gasteiger partial charge in [0.15, 0.2) is 0 Å². The Morgan fingerprint density at radius 1 is 1.10 bits per heavy atom. The quantitative estimate of drug-likeness (QED) is 0.852. The van der Waals surface area contributed by atoms with Crippen molar-refractivity contribution in [3.63, 3.8) is 0 Å². The molecule has 0 bridgehead atoms. The van der Waals surface area contributed by atoms with Gasteiger partial charge in [0.2, 0.25) is 0 Å². The van der Waals surface area contributed by atoms with Gasteiger partial charge >= 0.3 is 0 Å². The van der Waals surface area contributed by atoms with E-state index in [0.717, 1.165) is 12.8 Å². The first-order valence-electron chi connectivity index (χ1n) is 6.63. The fourth-order valence-electron chi connectivity index (χ4n) is 2.80. The van der Waals surface area contributed by atoms with Crippen molar-refractivity contribution in [3.8, 4) is 0 Å². The number of amides is 2. The number of nitrogens with zero attached hydrogens (tertiary/aromatic N) is 1. The summed E-state index contributed by atoms with van der Waals surface area (Å²) in [6.45, 7) is -0.226. The predicted octanol–water partition coefficient (Wildman–Crippen LogP) is 2.58. The standard InChI is InChI=1S/C15H14ClNO3/c16-13-6-5-10(7-9(13)8-18)17-14(19)11-3-1-2-4-12(11)15(17)20/h5-7,18H,1-4,8H2. The van der Waals surface area contributed by atoms with E-state index >= 15 is 0 Å². The monoisotopic (exact) mass is 291 g/mol. The van der Waals surface area contributed by atoms with Crippen molar-refractivity contribution in [2.24, 2.45) is 0 Å². The number of imide groups is 1. The summed E-state index contributed by atoms with van der Waals surface area (Å²) >= 11 is 5.94. The Bertz CT molecular complexity index is 608. The topological polar surface area (TPSA) is 57.6 Å². The third-order valence-electron chi connectivity index (χ3n) is 3.85. The molecule has 3 rings (SSSR count). The van der Waals surface area contributed by atoms with E-state index in [2.05, 4.69) is 0 Å². The largest absolute Gasteiger partial charge is 0.392 e. The Kier molecular flexibility index (Phi) is 3.36. The van der Waals surface area contributed by atoms with Gasteiger partial charge in [0.05, 0.1) is 12.3 Å². The van der Waals surface area contributed by atoms with Gasteiger partial charge in [-0.15, -0.1) is 0 Å². The number of hydrogen-bond donors (Lipinski definition) is 1. The van der Waals surface area contributed by atoms with E-state index in [1.807, 2.05) is 0 Å². The van der Waals surface area contributed by atoms with E-state index in [-0.39, 0.29) is 18.4 Å². The van der Waals surface area contributed by atoms with Crippen LogP contribution in [0.4, 0.5) is 5.69 Å². The van der Waals surface area contributed by atoms with E-state index in [4.69, 9.17) is 11.6 Å². The molecule has 0 fully saturated rings. The average molecular weight is 292 g/mol. The van der Waals surface area contributed by atoms with Crippen LogP contribution in [0.1, 0.15) is 31.2 Å². The molecule has 1 aromatic rings. The number of anilines is 1. The molecule has 1 aliphatic carbocycles. The van der Waals surface area contributed by atoms with Crippen molar-refractivity contribution in [3.05, 3.63) is 39.9 Å². The van der Waals surface area contributed by atoms with Crippen LogP contribution in [0.15, 0.2) is 29.3 Å². The smallest absolute Gasteiger partial charge is 0.261 e. The normalized spacial score (nSPS) is 18.8. The second-order valence-corrected chi connectivity index (χ2v) is 5.45. The van der Waals surface area contributed by atoms with E-state index < -0.39 is 0 Å². The summed E-state index contributed by atoms with van der Waals surface area (Å²) in [6.07, 6.45) is 3.26. The predicted molar refractivity (Wildman–Crippen MR) is 75.4 cm³/mol. The van der Waals surface area contributed by atoms with E-state index in [1.54, 1.807) is 18.2 Å². The minimum absolute atomic E-state index is 0.226. The number of rotatable bonds is 2. The molecule has 0 radical (unpaired) electrons. The SMILES string of the molecule is O=C1C2=C(CCCC2)C(=O)N1c1ccc(Cl)c(CO)c1. The highest BCUT2D eigenvalue weighted by Gasteiger charge is 2.39. The molecule has 0 saturated carbocycles. The van der Waals surface area contributed by atoms with Crippen LogP contribution in [0.3, 0.4) is 0 Å². The van der Waals surface area contributed by atoms with Gasteiger partial charge in [-0.05, 0) is 49.4 Å². The first-order chi connectivity index (χ1) is 9.63. The summed E-state index contributed by atoms with van der Waals surface area (Å²) in [4.78, 5) is 26.0. The van der Waals surface area contributed by atoms with Crippen LogP contribution in [-0.4, -0.2) is 16.9 Å². The van der Waals surface area contributed by atoms with Crippen molar-refractivity contribution < 1.29 is 14.7 Å². The fourth-order valence-corrected chi connectivity index (χ4v) is 2.97. The van der Waals surface area contributed by atoms with E-state index in [0.29, 0.717) is 40.3 Å². The summed E-state index contributed by atoms with van der Waals surface area (Å²) in [5.74, 6) is -0.452. The van der Waals surface area contributed by atoms with Crippen LogP contribution >= 0.6 is 11.6 Å². The molecule has 0 spiro atoms. The molecular weight excluding hydrogens is 278 g/mol. The molecular formula is C15H14ClNO3. The Morgan fingerprint density at radius 3 is 2.25 bits per heavy atom. The molecule has 20 heavy (non-hydrogen) atoms. The lowest BCUT2D eigenvalue weighted by molar-refractivity contribution is -0.120. The summed E-state index contributed by atoms with van der Waals surface area (Å²) in [6, 6.07) is 4.83. The summed E-state index contributed by atoms with van der Waals surface area (Å²) in [7, 11) is 0. The maximum atomic E-state index is 12.4. The van der Waals surface area contributed by atoms with Gasteiger partial charge in [-0.3, -0.25) is 9.59 Å². The molecule has 0 atom stereocenters. The lowest BCUT2D eigenvalue weighted by Gasteiger charge is -2.16. The minimum Gasteiger partial charge on any atom is -0.392 e. The zero-order valence-electron chi connectivity index (χ0n) is 10.9. The first-order valence-corrected chi connectivity index (χ1v) is 7.01. The van der Waals surface area contributed by atoms with Crippen LogP contribution in [0.2, 0.25) is 5.02 Å². The average Bonchev–Trinajstić information content (AvgIpc) is 2.72. The summed E-state index contributed by atoms with van der Waals surface area (Å²) in [5.41, 5.74) is 2.29. The van der Waals surface area contributed by atoms with Gasteiger partial charge < -0.3 is 5.11 Å². The number of benzene rings is 1. The first kappa shape index (κ1) is 13.3. The highest BCUT2D eigenvalue weighted by Crippen LogP contribution is 2.36. The Labute approximate surface area is 121 Å². The highest BCUT2D eigenvalue weighted by molar-refractivity contribution is 6.34. The van der Waals surface area contributed by atoms with Gasteiger partial charge in [-0.2, -0.15) is 0 Å². The maximum Gasteiger partial charge on any atom is 0.261 e. The van der Waals surface area contributed by atoms with Gasteiger partial charge in [0, 0.05) is 16.2 Å². The van der Waals surface area contributed by atoms with Crippen molar-refractivity contribution in [1.29, 1.82) is 0 Å². The Balaban J connectivity index is 2.00. The molecule has 0 saturated heterocycles. The number of halogens is 1. The van der Waals surface area contributed by atoms with Crippen LogP contribution in [0, 0.1) is 0 Å². The molecule has 1 N–H and O–H groups in total. The van der Waals surface area contributed by atoms with Crippen LogP contribution in [0.25, 0.3) is 0 Å². The lowest BCUT2D eigenvalue weighted by atomic mass is 9.93. The van der Waals surface area contributed by atoms with Gasteiger partial charge in [-0.25, -0.2) is 4.90 Å². The second kappa shape index (κ2) is 5.04. The minimum atomic E-state index is -0.226. The molecule has 4 nitrogen and oxygen atoms in total. The third-order valence-corrected chi connectivity index (χ3v) is 4.22. The number of carbonyl (C=O) groups is 2. The van der Waals surface area contributed by atoms with Crippen molar-refractivity contribution >= 4 is 29.1 Å². The summed E-state index contributed by atoms with van der Waals surface area (Å²) in [5, 5.41) is 9.66. The number of hydrogen-bond acceptors (Lipinski definition) is 3. The third kappa shape index (κ3) is 1.96. The molecule has 1 aromatic carbocycles. The van der Waals surface area contributed by atoms with Crippen LogP contribution in [-0.2, 0) is 16.2 Å². The lowest BCUT2D eigenvalue weighted by Crippen LogP contribution is -2.31. The van der Waals surface area contributed by atoms with Crippen molar-refractivity contribution in [2.45, 2.75) is 32.3 Å². The number of aliphatic hydroxyl groups excluding tert-OH is 1. The molecule has 0 unspecified atom stereocenters. The van der Waals surface area contributed by atoms with E-state index in [1.165, 1.54) is 4.90 Å². The molecule has 104 valence electrons. The number of aliphatic hydroxyl groups is 1. The van der Waals surface area contributed by atoms with Crippen LogP contribution < -0.4 is 4.90 Å². The van der Waals surface area contributed by atoms with Crippen molar-refractivity contribution in [1.82, 2.24) is 0 Å². The molecule has 5 heteroatoms. The Morgan fingerprint density at radius 2 is 1.70 bits per heavy atom. The van der Waals surface area contributed by atoms with Gasteiger partial charge in [0.1, 0.15) is 0 Å². The zero-order valence-corrected chi connectivity index (χ0v) is 11.6. The second-order valence-electron chi connectivity index (χ2n) is 5.04. The van der Waals surface area contributed by atoms with Crippen molar-refractivity contribution in [2.75, 3.05) is 4.90 Å². The molecule has 1 heterocycles. The van der Waals surface area contributed by atoms with Gasteiger partial charge in [0.25, 0.3) is 11.8 Å². The molecule has 1 aliphatic heterocycles. The fraction of sp³-hybridized carbons (Fsp3) is 0.333. The molecule has 2 amide bonds. The molecule has 2 aliphatic rings. The number of carbonyl (C=O) groups excluding carboxylic acids is 2. The Hall–Kier alpha value is -1.65. The summed E-state index contributed by atoms with van der Waals surface area (Å²) < 4.78 is 0. The zero-order chi connectivity index (χ0) is 14.3. The molecule has 0 aromatic heterocycles.